The Balaban J connectivity index is 1.52. The van der Waals surface area contributed by atoms with Gasteiger partial charge in [-0.25, -0.2) is 13.6 Å². The molecule has 2 heterocycles. The Morgan fingerprint density at radius 2 is 1.71 bits per heavy atom. The highest BCUT2D eigenvalue weighted by Crippen LogP contribution is 2.38. The maximum absolute atomic E-state index is 14.0. The summed E-state index contributed by atoms with van der Waals surface area (Å²) in [5.41, 5.74) is 2.42. The lowest BCUT2D eigenvalue weighted by molar-refractivity contribution is -0.137. The smallest absolute Gasteiger partial charge is 0.415 e. The van der Waals surface area contributed by atoms with Gasteiger partial charge in [-0.05, 0) is 73.7 Å². The number of nitrogens with zero attached hydrogens (tertiary/aromatic N) is 2. The van der Waals surface area contributed by atoms with Crippen LogP contribution in [0.1, 0.15) is 30.0 Å². The molecule has 3 aromatic rings. The predicted molar refractivity (Wildman–Crippen MR) is 110 cm³/mol. The number of aliphatic carboxylic acids is 1. The molecule has 0 bridgehead atoms. The van der Waals surface area contributed by atoms with Crippen molar-refractivity contribution in [2.45, 2.75) is 32.2 Å². The van der Waals surface area contributed by atoms with Crippen LogP contribution in [0.25, 0.3) is 10.9 Å². The molecular weight excluding hydrogens is 406 g/mol. The van der Waals surface area contributed by atoms with Crippen LogP contribution in [-0.4, -0.2) is 39.7 Å². The zero-order valence-electron chi connectivity index (χ0n) is 17.0. The van der Waals surface area contributed by atoms with Crippen molar-refractivity contribution in [1.29, 1.82) is 0 Å². The first kappa shape index (κ1) is 20.8. The van der Waals surface area contributed by atoms with Crippen LogP contribution < -0.4 is 4.74 Å². The molecule has 0 spiro atoms. The van der Waals surface area contributed by atoms with Gasteiger partial charge in [0.15, 0.2) is 0 Å². The fourth-order valence-electron chi connectivity index (χ4n) is 4.35. The molecule has 4 rings (SSSR count). The molecule has 1 amide bonds. The van der Waals surface area contributed by atoms with Crippen LogP contribution in [0.2, 0.25) is 0 Å². The third kappa shape index (κ3) is 4.23. The molecule has 0 atom stereocenters. The molecule has 1 aliphatic heterocycles. The zero-order valence-corrected chi connectivity index (χ0v) is 17.0. The van der Waals surface area contributed by atoms with Crippen LogP contribution in [0.15, 0.2) is 42.5 Å². The van der Waals surface area contributed by atoms with Gasteiger partial charge >= 0.3 is 12.1 Å². The van der Waals surface area contributed by atoms with Crippen molar-refractivity contribution in [3.05, 3.63) is 65.4 Å². The van der Waals surface area contributed by atoms with Crippen molar-refractivity contribution in [1.82, 2.24) is 9.47 Å². The second-order valence-corrected chi connectivity index (χ2v) is 7.72. The van der Waals surface area contributed by atoms with Crippen LogP contribution >= 0.6 is 0 Å². The highest BCUT2D eigenvalue weighted by molar-refractivity contribution is 5.87. The molecule has 1 N–H and O–H groups in total. The van der Waals surface area contributed by atoms with Crippen LogP contribution in [-0.2, 0) is 11.3 Å². The number of fused-ring (bicyclic) bond motifs is 1. The summed E-state index contributed by atoms with van der Waals surface area (Å²) in [5, 5.41) is 10.00. The summed E-state index contributed by atoms with van der Waals surface area (Å²) < 4.78 is 34.0. The van der Waals surface area contributed by atoms with E-state index in [1.165, 1.54) is 36.4 Å². The van der Waals surface area contributed by atoms with Crippen molar-refractivity contribution in [3.8, 4) is 5.75 Å². The molecule has 1 fully saturated rings. The summed E-state index contributed by atoms with van der Waals surface area (Å²) in [6.07, 6.45) is 0.783. The molecule has 6 nitrogen and oxygen atoms in total. The summed E-state index contributed by atoms with van der Waals surface area (Å²) in [6, 6.07) is 9.64. The summed E-state index contributed by atoms with van der Waals surface area (Å²) in [5.74, 6) is -1.41. The molecular formula is C23H22F2N2O4. The predicted octanol–water partition coefficient (Wildman–Crippen LogP) is 4.69. The Bertz CT molecular complexity index is 1130. The average Bonchev–Trinajstić information content (AvgIpc) is 3.00. The molecule has 0 aliphatic carbocycles. The highest BCUT2D eigenvalue weighted by Gasteiger charge is 2.29. The van der Waals surface area contributed by atoms with Gasteiger partial charge in [-0.1, -0.05) is 0 Å². The number of piperidine rings is 1. The van der Waals surface area contributed by atoms with Gasteiger partial charge in [-0.2, -0.15) is 0 Å². The Labute approximate surface area is 177 Å². The molecule has 0 radical (unpaired) electrons. The first-order valence-corrected chi connectivity index (χ1v) is 10.1. The van der Waals surface area contributed by atoms with Crippen LogP contribution in [0.4, 0.5) is 13.6 Å². The molecule has 31 heavy (non-hydrogen) atoms. The number of ether oxygens (including phenoxy) is 1. The molecule has 1 aliphatic rings. The van der Waals surface area contributed by atoms with Gasteiger partial charge in [0.1, 0.15) is 23.9 Å². The average molecular weight is 428 g/mol. The third-order valence-electron chi connectivity index (χ3n) is 5.81. The lowest BCUT2D eigenvalue weighted by Gasteiger charge is -2.31. The van der Waals surface area contributed by atoms with Gasteiger partial charge in [0, 0.05) is 29.7 Å². The number of carboxylic acids is 1. The maximum Gasteiger partial charge on any atom is 0.415 e. The van der Waals surface area contributed by atoms with Crippen molar-refractivity contribution in [2.24, 2.45) is 0 Å². The van der Waals surface area contributed by atoms with Crippen molar-refractivity contribution < 1.29 is 28.2 Å². The van der Waals surface area contributed by atoms with E-state index < -0.39 is 17.9 Å². The number of carbonyl (C=O) groups is 2. The van der Waals surface area contributed by atoms with Gasteiger partial charge in [0.05, 0.1) is 0 Å². The minimum absolute atomic E-state index is 0.0641. The van der Waals surface area contributed by atoms with E-state index in [1.54, 1.807) is 15.5 Å². The van der Waals surface area contributed by atoms with Gasteiger partial charge in [0.25, 0.3) is 0 Å². The fourth-order valence-corrected chi connectivity index (χ4v) is 4.35. The lowest BCUT2D eigenvalue weighted by Crippen LogP contribution is -2.39. The molecule has 1 saturated heterocycles. The van der Waals surface area contributed by atoms with Crippen molar-refractivity contribution in [2.75, 3.05) is 13.1 Å². The minimum Gasteiger partial charge on any atom is -0.480 e. The largest absolute Gasteiger partial charge is 0.480 e. The number of rotatable bonds is 4. The number of amides is 1. The Morgan fingerprint density at radius 3 is 2.35 bits per heavy atom. The third-order valence-corrected chi connectivity index (χ3v) is 5.81. The van der Waals surface area contributed by atoms with E-state index in [0.717, 1.165) is 11.3 Å². The van der Waals surface area contributed by atoms with E-state index in [2.05, 4.69) is 0 Å². The van der Waals surface area contributed by atoms with Crippen molar-refractivity contribution >= 4 is 23.0 Å². The molecule has 2 aromatic carbocycles. The molecule has 0 unspecified atom stereocenters. The van der Waals surface area contributed by atoms with Crippen LogP contribution in [0.3, 0.4) is 0 Å². The van der Waals surface area contributed by atoms with E-state index in [0.29, 0.717) is 36.8 Å². The highest BCUT2D eigenvalue weighted by atomic mass is 19.1. The summed E-state index contributed by atoms with van der Waals surface area (Å²) in [7, 11) is 0. The Kier molecular flexibility index (Phi) is 5.63. The van der Waals surface area contributed by atoms with Crippen LogP contribution in [0.5, 0.6) is 5.75 Å². The van der Waals surface area contributed by atoms with Gasteiger partial charge in [0.2, 0.25) is 0 Å². The minimum atomic E-state index is -0.964. The zero-order chi connectivity index (χ0) is 22.1. The van der Waals surface area contributed by atoms with Crippen molar-refractivity contribution in [3.63, 3.8) is 0 Å². The number of hydrogen-bond donors (Lipinski definition) is 1. The number of carbonyl (C=O) groups excluding carboxylic acids is 1. The number of benzene rings is 2. The SMILES string of the molecule is Cc1c(C2CCN(C(=O)Oc3ccc(F)cc3)CC2)c2cc(F)ccc2n1CC(=O)O. The second-order valence-electron chi connectivity index (χ2n) is 7.72. The number of aromatic nitrogens is 1. The normalized spacial score (nSPS) is 14.7. The lowest BCUT2D eigenvalue weighted by atomic mass is 9.87. The summed E-state index contributed by atoms with van der Waals surface area (Å²) >= 11 is 0. The first-order chi connectivity index (χ1) is 14.8. The quantitative estimate of drug-likeness (QED) is 0.654. The molecule has 162 valence electrons. The summed E-state index contributed by atoms with van der Waals surface area (Å²) in [4.78, 5) is 25.4. The first-order valence-electron chi connectivity index (χ1n) is 10.1. The molecule has 1 aromatic heterocycles. The monoisotopic (exact) mass is 428 g/mol. The van der Waals surface area contributed by atoms with E-state index in [4.69, 9.17) is 4.74 Å². The number of hydrogen-bond acceptors (Lipinski definition) is 3. The maximum atomic E-state index is 14.0. The standard InChI is InChI=1S/C23H22F2N2O4/c1-14-22(19-12-17(25)4-7-20(19)27(14)13-21(28)29)15-8-10-26(11-9-15)23(30)31-18-5-2-16(24)3-6-18/h2-7,12,15H,8-11,13H2,1H3,(H,28,29). The van der Waals surface area contributed by atoms with Gasteiger partial charge < -0.3 is 19.3 Å². The summed E-state index contributed by atoms with van der Waals surface area (Å²) in [6.45, 7) is 2.55. The number of halogens is 2. The molecule has 0 saturated carbocycles. The second kappa shape index (κ2) is 8.37. The van der Waals surface area contributed by atoms with E-state index >= 15 is 0 Å². The van der Waals surface area contributed by atoms with E-state index in [-0.39, 0.29) is 24.0 Å². The Hall–Kier alpha value is -3.42. The fraction of sp³-hybridized carbons (Fsp3) is 0.304. The molecule has 8 heteroatoms. The van der Waals surface area contributed by atoms with E-state index in [9.17, 15) is 23.5 Å². The van der Waals surface area contributed by atoms with E-state index in [1.807, 2.05) is 6.92 Å². The van der Waals surface area contributed by atoms with Gasteiger partial charge in [-0.15, -0.1) is 0 Å². The number of likely N-dealkylation sites (tertiary alicyclic amines) is 1. The van der Waals surface area contributed by atoms with Crippen LogP contribution in [0, 0.1) is 18.6 Å². The Morgan fingerprint density at radius 1 is 1.06 bits per heavy atom. The number of carboxylic acid groups (broad SMARTS) is 1. The topological polar surface area (TPSA) is 71.8 Å². The van der Waals surface area contributed by atoms with Gasteiger partial charge in [-0.3, -0.25) is 4.79 Å².